The minimum absolute atomic E-state index is 0.0270. The Bertz CT molecular complexity index is 1900. The molecule has 14 nitrogen and oxygen atoms in total. The van der Waals surface area contributed by atoms with Crippen molar-refractivity contribution in [3.05, 3.63) is 62.9 Å². The molecule has 1 aromatic carbocycles. The van der Waals surface area contributed by atoms with Crippen LogP contribution in [0, 0.1) is 5.92 Å². The summed E-state index contributed by atoms with van der Waals surface area (Å²) < 4.78 is 6.77. The Balaban J connectivity index is 1.45. The van der Waals surface area contributed by atoms with Crippen LogP contribution in [0.4, 0.5) is 0 Å². The number of hydrogen-bond donors (Lipinski definition) is 4. The number of ether oxygens (including phenoxy) is 1. The number of carbonyl (C=O) groups excluding carboxylic acids is 5. The molecule has 0 bridgehead atoms. The fourth-order valence-electron chi connectivity index (χ4n) is 6.68. The molecule has 5 rings (SSSR count). The van der Waals surface area contributed by atoms with Crippen LogP contribution in [0.15, 0.2) is 35.1 Å². The molecule has 260 valence electrons. The van der Waals surface area contributed by atoms with Gasteiger partial charge in [-0.3, -0.25) is 24.0 Å². The van der Waals surface area contributed by atoms with Crippen molar-refractivity contribution in [2.75, 3.05) is 13.6 Å². The zero-order chi connectivity index (χ0) is 35.8. The van der Waals surface area contributed by atoms with E-state index in [9.17, 15) is 33.9 Å². The van der Waals surface area contributed by atoms with Crippen LogP contribution in [0.5, 0.6) is 0 Å². The lowest BCUT2D eigenvalue weighted by Crippen LogP contribution is -2.55. The molecule has 3 aromatic rings. The minimum atomic E-state index is -1.95. The molecule has 0 unspecified atom stereocenters. The van der Waals surface area contributed by atoms with Gasteiger partial charge in [0.25, 0.3) is 5.56 Å². The zero-order valence-corrected chi connectivity index (χ0v) is 28.3. The minimum Gasteiger partial charge on any atom is -0.458 e. The molecule has 5 N–H and O–H groups in total. The highest BCUT2D eigenvalue weighted by Gasteiger charge is 2.45. The smallest absolute Gasteiger partial charge is 0.343 e. The number of aromatic nitrogens is 2. The van der Waals surface area contributed by atoms with E-state index >= 15 is 0 Å². The second-order valence-electron chi connectivity index (χ2n) is 13.2. The molecule has 0 radical (unpaired) electrons. The standard InChI is InChI=1S/C35H42N6O8/c1-6-35(48)24-14-28-30-22(16-41(28)32(45)23(24)17-49-34(35)47)20(21-9-7-8-10-25(21)38-30)11-12-40(5)33(46)27(13-18(2)3)39-31(44)26(15-29(36)43)37-19(4)42/h7-10,14,18,26-27,48H,6,11-13,15-17H2,1-5H3,(H2,36,43)(H,37,42)(H,39,44)/t26-,27-,35-/m0/s1. The summed E-state index contributed by atoms with van der Waals surface area (Å²) in [7, 11) is 1.63. The maximum absolute atomic E-state index is 13.8. The predicted octanol–water partition coefficient (Wildman–Crippen LogP) is 0.992. The van der Waals surface area contributed by atoms with Gasteiger partial charge in [-0.15, -0.1) is 0 Å². The van der Waals surface area contributed by atoms with Gasteiger partial charge in [-0.05, 0) is 42.9 Å². The van der Waals surface area contributed by atoms with Crippen LogP contribution in [0.2, 0.25) is 0 Å². The predicted molar refractivity (Wildman–Crippen MR) is 179 cm³/mol. The second-order valence-corrected chi connectivity index (χ2v) is 13.2. The molecule has 3 atom stereocenters. The third-order valence-corrected chi connectivity index (χ3v) is 9.21. The number of hydrogen-bond acceptors (Lipinski definition) is 9. The van der Waals surface area contributed by atoms with Gasteiger partial charge < -0.3 is 35.7 Å². The third kappa shape index (κ3) is 6.77. The van der Waals surface area contributed by atoms with E-state index in [0.717, 1.165) is 16.5 Å². The summed E-state index contributed by atoms with van der Waals surface area (Å²) in [6, 6.07) is 7.05. The first-order valence-corrected chi connectivity index (χ1v) is 16.3. The highest BCUT2D eigenvalue weighted by atomic mass is 16.6. The second kappa shape index (κ2) is 13.8. The van der Waals surface area contributed by atoms with Crippen molar-refractivity contribution < 1.29 is 33.8 Å². The number of nitrogens with two attached hydrogens (primary N) is 1. The van der Waals surface area contributed by atoms with Crippen LogP contribution in [-0.2, 0) is 53.9 Å². The Kier molecular flexibility index (Phi) is 9.90. The Hall–Kier alpha value is -5.11. The molecule has 2 aliphatic rings. The van der Waals surface area contributed by atoms with Crippen molar-refractivity contribution in [2.24, 2.45) is 11.7 Å². The Morgan fingerprint density at radius 2 is 1.84 bits per heavy atom. The van der Waals surface area contributed by atoms with Gasteiger partial charge in [0.05, 0.1) is 35.4 Å². The topological polar surface area (TPSA) is 203 Å². The molecule has 2 aromatic heterocycles. The maximum Gasteiger partial charge on any atom is 0.343 e. The SMILES string of the molecule is CC[C@@]1(O)C(=O)OCc2c1cc1n(c2=O)Cc2c-1nc1ccccc1c2CCN(C)C(=O)[C@H](CC(C)C)NC(=O)[C@H](CC(N)=O)NC(C)=O. The lowest BCUT2D eigenvalue weighted by molar-refractivity contribution is -0.172. The average Bonchev–Trinajstić information content (AvgIpc) is 3.41. The van der Waals surface area contributed by atoms with Crippen molar-refractivity contribution in [3.8, 4) is 11.4 Å². The molecule has 14 heteroatoms. The number of pyridine rings is 2. The number of cyclic esters (lactones) is 1. The molecule has 2 aliphatic heterocycles. The highest BCUT2D eigenvalue weighted by molar-refractivity contribution is 5.94. The van der Waals surface area contributed by atoms with E-state index in [1.807, 2.05) is 38.1 Å². The number of aliphatic hydroxyl groups is 1. The molecule has 49 heavy (non-hydrogen) atoms. The van der Waals surface area contributed by atoms with Crippen molar-refractivity contribution in [1.82, 2.24) is 25.1 Å². The van der Waals surface area contributed by atoms with E-state index in [0.29, 0.717) is 29.7 Å². The largest absolute Gasteiger partial charge is 0.458 e. The third-order valence-electron chi connectivity index (χ3n) is 9.21. The molecule has 4 amide bonds. The number of nitrogens with zero attached hydrogens (tertiary/aromatic N) is 3. The first-order chi connectivity index (χ1) is 23.2. The highest BCUT2D eigenvalue weighted by Crippen LogP contribution is 2.40. The van der Waals surface area contributed by atoms with Gasteiger partial charge in [0.15, 0.2) is 5.60 Å². The summed E-state index contributed by atoms with van der Waals surface area (Å²) in [5.41, 5.74) is 6.84. The number of primary amides is 1. The number of likely N-dealkylation sites (N-methyl/N-ethyl adjacent to an activating group) is 1. The van der Waals surface area contributed by atoms with Crippen LogP contribution in [0.25, 0.3) is 22.3 Å². The number of para-hydroxylation sites is 1. The lowest BCUT2D eigenvalue weighted by atomic mass is 9.86. The first-order valence-electron chi connectivity index (χ1n) is 16.3. The van der Waals surface area contributed by atoms with Gasteiger partial charge >= 0.3 is 5.97 Å². The Morgan fingerprint density at radius 3 is 2.49 bits per heavy atom. The number of rotatable bonds is 12. The van der Waals surface area contributed by atoms with Crippen LogP contribution >= 0.6 is 0 Å². The van der Waals surface area contributed by atoms with Gasteiger partial charge in [0, 0.05) is 37.0 Å². The summed E-state index contributed by atoms with van der Waals surface area (Å²) in [4.78, 5) is 82.9. The van der Waals surface area contributed by atoms with E-state index in [2.05, 4.69) is 10.6 Å². The average molecular weight is 675 g/mol. The summed E-state index contributed by atoms with van der Waals surface area (Å²) in [5, 5.41) is 17.2. The van der Waals surface area contributed by atoms with Gasteiger partial charge in [-0.25, -0.2) is 9.78 Å². The normalized spacial score (nSPS) is 17.4. The molecular formula is C35H42N6O8. The number of carbonyl (C=O) groups is 5. The van der Waals surface area contributed by atoms with E-state index in [1.165, 1.54) is 11.8 Å². The van der Waals surface area contributed by atoms with Gasteiger partial charge in [-0.2, -0.15) is 0 Å². The fourth-order valence-corrected chi connectivity index (χ4v) is 6.68. The van der Waals surface area contributed by atoms with Crippen molar-refractivity contribution in [3.63, 3.8) is 0 Å². The van der Waals surface area contributed by atoms with Gasteiger partial charge in [-0.1, -0.05) is 39.0 Å². The maximum atomic E-state index is 13.8. The monoisotopic (exact) mass is 674 g/mol. The molecule has 0 spiro atoms. The summed E-state index contributed by atoms with van der Waals surface area (Å²) in [6.07, 6.45) is 0.308. The zero-order valence-electron chi connectivity index (χ0n) is 28.3. The van der Waals surface area contributed by atoms with E-state index < -0.39 is 47.8 Å². The van der Waals surface area contributed by atoms with E-state index in [4.69, 9.17) is 15.5 Å². The number of fused-ring (bicyclic) bond motifs is 5. The fraction of sp³-hybridized carbons (Fsp3) is 0.457. The summed E-state index contributed by atoms with van der Waals surface area (Å²) in [5.74, 6) is -3.10. The molecule has 0 aliphatic carbocycles. The number of benzene rings is 1. The van der Waals surface area contributed by atoms with Gasteiger partial charge in [0.2, 0.25) is 23.6 Å². The van der Waals surface area contributed by atoms with Crippen LogP contribution < -0.4 is 21.9 Å². The van der Waals surface area contributed by atoms with Crippen LogP contribution in [0.3, 0.4) is 0 Å². The molecule has 0 fully saturated rings. The lowest BCUT2D eigenvalue weighted by Gasteiger charge is -2.31. The quantitative estimate of drug-likeness (QED) is 0.158. The summed E-state index contributed by atoms with van der Waals surface area (Å²) in [6.45, 7) is 6.91. The van der Waals surface area contributed by atoms with Crippen molar-refractivity contribution in [1.29, 1.82) is 0 Å². The Morgan fingerprint density at radius 1 is 1.12 bits per heavy atom. The first kappa shape index (κ1) is 35.2. The van der Waals surface area contributed by atoms with Gasteiger partial charge in [0.1, 0.15) is 18.7 Å². The number of amides is 4. The van der Waals surface area contributed by atoms with E-state index in [1.54, 1.807) is 24.6 Å². The number of esters is 1. The van der Waals surface area contributed by atoms with Crippen LogP contribution in [0.1, 0.15) is 69.2 Å². The molecule has 0 saturated carbocycles. The molecule has 0 saturated heterocycles. The van der Waals surface area contributed by atoms with Crippen LogP contribution in [-0.4, -0.2) is 74.8 Å². The number of nitrogens with one attached hydrogen (secondary N) is 2. The van der Waals surface area contributed by atoms with E-state index in [-0.39, 0.29) is 54.6 Å². The molecular weight excluding hydrogens is 632 g/mol. The molecule has 4 heterocycles. The van der Waals surface area contributed by atoms with Crippen molar-refractivity contribution in [2.45, 2.75) is 84.2 Å². The Labute approximate surface area is 283 Å². The summed E-state index contributed by atoms with van der Waals surface area (Å²) >= 11 is 0. The van der Waals surface area contributed by atoms with Crippen molar-refractivity contribution >= 4 is 40.5 Å².